The number of ether oxygens (including phenoxy) is 1. The molecule has 0 heterocycles. The summed E-state index contributed by atoms with van der Waals surface area (Å²) in [5.74, 6) is -0.416. The lowest BCUT2D eigenvalue weighted by Gasteiger charge is -2.09. The lowest BCUT2D eigenvalue weighted by atomic mass is 10.1. The Bertz CT molecular complexity index is 686. The number of rotatable bonds is 5. The van der Waals surface area contributed by atoms with Crippen LogP contribution in [-0.4, -0.2) is 25.7 Å². The lowest BCUT2D eigenvalue weighted by Crippen LogP contribution is -2.30. The van der Waals surface area contributed by atoms with E-state index in [-0.39, 0.29) is 6.03 Å². The van der Waals surface area contributed by atoms with Crippen LogP contribution in [0.25, 0.3) is 0 Å². The van der Waals surface area contributed by atoms with E-state index >= 15 is 0 Å². The second-order valence-electron chi connectivity index (χ2n) is 4.79. The molecule has 120 valence electrons. The molecule has 5 nitrogen and oxygen atoms in total. The van der Waals surface area contributed by atoms with Crippen molar-refractivity contribution in [3.63, 3.8) is 0 Å². The molecule has 0 radical (unpaired) electrons. The van der Waals surface area contributed by atoms with Gasteiger partial charge in [-0.1, -0.05) is 29.8 Å². The Hall–Kier alpha value is -2.53. The molecule has 0 unspecified atom stereocenters. The maximum absolute atomic E-state index is 11.8. The number of amides is 2. The van der Waals surface area contributed by atoms with Gasteiger partial charge in [-0.05, 0) is 42.3 Å². The summed E-state index contributed by atoms with van der Waals surface area (Å²) in [6.07, 6.45) is 0.647. The predicted octanol–water partition coefficient (Wildman–Crippen LogP) is 3.49. The van der Waals surface area contributed by atoms with Crippen molar-refractivity contribution < 1.29 is 14.3 Å². The number of hydrogen-bond acceptors (Lipinski definition) is 3. The molecular weight excluding hydrogens is 316 g/mol. The minimum Gasteiger partial charge on any atom is -0.465 e. The van der Waals surface area contributed by atoms with E-state index in [2.05, 4.69) is 15.4 Å². The van der Waals surface area contributed by atoms with Crippen molar-refractivity contribution in [2.45, 2.75) is 6.42 Å². The third-order valence-corrected chi connectivity index (χ3v) is 3.57. The van der Waals surface area contributed by atoms with Crippen LogP contribution in [0.1, 0.15) is 15.9 Å². The molecule has 2 amide bonds. The van der Waals surface area contributed by atoms with Crippen LogP contribution in [0, 0.1) is 0 Å². The zero-order valence-corrected chi connectivity index (χ0v) is 13.4. The monoisotopic (exact) mass is 332 g/mol. The minimum absolute atomic E-state index is 0.317. The fraction of sp³-hybridized carbons (Fsp3) is 0.176. The largest absolute Gasteiger partial charge is 0.465 e. The Kier molecular flexibility index (Phi) is 6.00. The van der Waals surface area contributed by atoms with E-state index in [0.717, 1.165) is 5.56 Å². The lowest BCUT2D eigenvalue weighted by molar-refractivity contribution is 0.0601. The standard InChI is InChI=1S/C17H17ClN2O3/c1-23-16(21)13-6-8-14(9-7-13)20-17(22)19-11-10-12-4-2-3-5-15(12)18/h2-9H,10-11H2,1H3,(H2,19,20,22). The number of carbonyl (C=O) groups excluding carboxylic acids is 2. The van der Waals surface area contributed by atoms with Gasteiger partial charge in [-0.3, -0.25) is 0 Å². The van der Waals surface area contributed by atoms with Crippen molar-refractivity contribution in [2.24, 2.45) is 0 Å². The molecule has 0 saturated heterocycles. The molecule has 2 rings (SSSR count). The molecule has 0 atom stereocenters. The second kappa shape index (κ2) is 8.19. The Morgan fingerprint density at radius 2 is 1.78 bits per heavy atom. The molecular formula is C17H17ClN2O3. The van der Waals surface area contributed by atoms with Crippen LogP contribution < -0.4 is 10.6 Å². The zero-order valence-electron chi connectivity index (χ0n) is 12.6. The van der Waals surface area contributed by atoms with Gasteiger partial charge in [0.25, 0.3) is 0 Å². The van der Waals surface area contributed by atoms with Crippen LogP contribution >= 0.6 is 11.6 Å². The molecule has 0 aromatic heterocycles. The van der Waals surface area contributed by atoms with Crippen molar-refractivity contribution in [3.8, 4) is 0 Å². The normalized spacial score (nSPS) is 10.0. The number of nitrogens with one attached hydrogen (secondary N) is 2. The number of anilines is 1. The molecule has 0 saturated carbocycles. The van der Waals surface area contributed by atoms with Gasteiger partial charge in [-0.15, -0.1) is 0 Å². The van der Waals surface area contributed by atoms with Crippen molar-refractivity contribution in [3.05, 3.63) is 64.7 Å². The summed E-state index contributed by atoms with van der Waals surface area (Å²) in [6.45, 7) is 0.468. The Labute approximate surface area is 139 Å². The average molecular weight is 333 g/mol. The van der Waals surface area contributed by atoms with Gasteiger partial charge in [-0.2, -0.15) is 0 Å². The van der Waals surface area contributed by atoms with Crippen LogP contribution in [0.4, 0.5) is 10.5 Å². The summed E-state index contributed by atoms with van der Waals surface area (Å²) in [5, 5.41) is 6.13. The molecule has 2 N–H and O–H groups in total. The van der Waals surface area contributed by atoms with Gasteiger partial charge in [-0.25, -0.2) is 9.59 Å². The van der Waals surface area contributed by atoms with Gasteiger partial charge < -0.3 is 15.4 Å². The highest BCUT2D eigenvalue weighted by molar-refractivity contribution is 6.31. The van der Waals surface area contributed by atoms with Crippen molar-refractivity contribution in [2.75, 3.05) is 19.0 Å². The highest BCUT2D eigenvalue weighted by atomic mass is 35.5. The van der Waals surface area contributed by atoms with E-state index in [1.54, 1.807) is 24.3 Å². The molecule has 6 heteroatoms. The summed E-state index contributed by atoms with van der Waals surface area (Å²) in [6, 6.07) is 13.7. The fourth-order valence-electron chi connectivity index (χ4n) is 1.99. The van der Waals surface area contributed by atoms with Crippen LogP contribution in [0.3, 0.4) is 0 Å². The zero-order chi connectivity index (χ0) is 16.7. The maximum atomic E-state index is 11.8. The summed E-state index contributed by atoms with van der Waals surface area (Å²) in [4.78, 5) is 23.1. The molecule has 0 aliphatic rings. The number of halogens is 1. The smallest absolute Gasteiger partial charge is 0.337 e. The summed E-state index contributed by atoms with van der Waals surface area (Å²) >= 11 is 6.06. The molecule has 0 aliphatic carbocycles. The third-order valence-electron chi connectivity index (χ3n) is 3.20. The molecule has 0 aliphatic heterocycles. The van der Waals surface area contributed by atoms with Crippen molar-refractivity contribution in [1.82, 2.24) is 5.32 Å². The van der Waals surface area contributed by atoms with E-state index in [1.165, 1.54) is 7.11 Å². The molecule has 2 aromatic carbocycles. The number of urea groups is 1. The Morgan fingerprint density at radius 3 is 2.43 bits per heavy atom. The highest BCUT2D eigenvalue weighted by Crippen LogP contribution is 2.15. The van der Waals surface area contributed by atoms with Gasteiger partial charge in [0.15, 0.2) is 0 Å². The average Bonchev–Trinajstić information content (AvgIpc) is 2.56. The summed E-state index contributed by atoms with van der Waals surface area (Å²) < 4.78 is 4.61. The first kappa shape index (κ1) is 16.8. The van der Waals surface area contributed by atoms with E-state index in [0.29, 0.717) is 29.2 Å². The van der Waals surface area contributed by atoms with Gasteiger partial charge in [0, 0.05) is 17.3 Å². The van der Waals surface area contributed by atoms with Crippen LogP contribution in [0.15, 0.2) is 48.5 Å². The van der Waals surface area contributed by atoms with Gasteiger partial charge >= 0.3 is 12.0 Å². The van der Waals surface area contributed by atoms with E-state index < -0.39 is 5.97 Å². The quantitative estimate of drug-likeness (QED) is 0.824. The number of methoxy groups -OCH3 is 1. The number of carbonyl (C=O) groups is 2. The molecule has 0 spiro atoms. The fourth-order valence-corrected chi connectivity index (χ4v) is 2.22. The number of hydrogen-bond donors (Lipinski definition) is 2. The van der Waals surface area contributed by atoms with Gasteiger partial charge in [0.05, 0.1) is 12.7 Å². The van der Waals surface area contributed by atoms with Crippen LogP contribution in [0.5, 0.6) is 0 Å². The van der Waals surface area contributed by atoms with Crippen LogP contribution in [-0.2, 0) is 11.2 Å². The van der Waals surface area contributed by atoms with E-state index in [9.17, 15) is 9.59 Å². The van der Waals surface area contributed by atoms with Crippen LogP contribution in [0.2, 0.25) is 5.02 Å². The topological polar surface area (TPSA) is 67.4 Å². The van der Waals surface area contributed by atoms with Crippen molar-refractivity contribution >= 4 is 29.3 Å². The third kappa shape index (κ3) is 5.00. The molecule has 2 aromatic rings. The minimum atomic E-state index is -0.416. The Morgan fingerprint density at radius 1 is 1.09 bits per heavy atom. The van der Waals surface area contributed by atoms with Gasteiger partial charge in [0.1, 0.15) is 0 Å². The van der Waals surface area contributed by atoms with Gasteiger partial charge in [0.2, 0.25) is 0 Å². The first-order chi connectivity index (χ1) is 11.1. The first-order valence-electron chi connectivity index (χ1n) is 7.07. The molecule has 23 heavy (non-hydrogen) atoms. The molecule has 0 fully saturated rings. The molecule has 0 bridgehead atoms. The second-order valence-corrected chi connectivity index (χ2v) is 5.20. The highest BCUT2D eigenvalue weighted by Gasteiger charge is 2.06. The van der Waals surface area contributed by atoms with E-state index in [4.69, 9.17) is 11.6 Å². The SMILES string of the molecule is COC(=O)c1ccc(NC(=O)NCCc2ccccc2Cl)cc1. The van der Waals surface area contributed by atoms with Crippen molar-refractivity contribution in [1.29, 1.82) is 0 Å². The number of benzene rings is 2. The first-order valence-corrected chi connectivity index (χ1v) is 7.44. The predicted molar refractivity (Wildman–Crippen MR) is 90.0 cm³/mol. The summed E-state index contributed by atoms with van der Waals surface area (Å²) in [5.41, 5.74) is 2.00. The Balaban J connectivity index is 1.81. The summed E-state index contributed by atoms with van der Waals surface area (Å²) in [7, 11) is 1.32. The maximum Gasteiger partial charge on any atom is 0.337 e. The number of esters is 1. The van der Waals surface area contributed by atoms with E-state index in [1.807, 2.05) is 24.3 Å².